The van der Waals surface area contributed by atoms with E-state index in [2.05, 4.69) is 20.4 Å². The fraction of sp³-hybridized carbons (Fsp3) is 0.222. The second-order valence-electron chi connectivity index (χ2n) is 2.89. The Morgan fingerprint density at radius 1 is 1.27 bits per heavy atom. The highest BCUT2D eigenvalue weighted by molar-refractivity contribution is 6.31. The van der Waals surface area contributed by atoms with Crippen LogP contribution in [0.3, 0.4) is 0 Å². The monoisotopic (exact) mass is 223 g/mol. The van der Waals surface area contributed by atoms with E-state index < -0.39 is 0 Å². The van der Waals surface area contributed by atoms with Gasteiger partial charge in [0, 0.05) is 31.3 Å². The molecule has 6 heteroatoms. The van der Waals surface area contributed by atoms with Crippen LogP contribution in [0.25, 0.3) is 0 Å². The van der Waals surface area contributed by atoms with Crippen molar-refractivity contribution in [3.05, 3.63) is 36.0 Å². The Kier molecular flexibility index (Phi) is 3.14. The highest BCUT2D eigenvalue weighted by Crippen LogP contribution is 2.13. The Hall–Kier alpha value is -1.62. The van der Waals surface area contributed by atoms with E-state index in [1.165, 1.54) is 0 Å². The van der Waals surface area contributed by atoms with E-state index in [1.807, 2.05) is 16.9 Å². The van der Waals surface area contributed by atoms with Crippen molar-refractivity contribution in [2.75, 3.05) is 11.9 Å². The Balaban J connectivity index is 1.86. The molecule has 15 heavy (non-hydrogen) atoms. The van der Waals surface area contributed by atoms with E-state index in [4.69, 9.17) is 11.6 Å². The molecule has 0 atom stereocenters. The van der Waals surface area contributed by atoms with E-state index in [9.17, 15) is 0 Å². The molecular formula is C9H10ClN5. The number of halogens is 1. The Bertz CT molecular complexity index is 414. The van der Waals surface area contributed by atoms with Crippen molar-refractivity contribution in [3.63, 3.8) is 0 Å². The van der Waals surface area contributed by atoms with Gasteiger partial charge >= 0.3 is 0 Å². The molecule has 0 aliphatic carbocycles. The van der Waals surface area contributed by atoms with Gasteiger partial charge in [-0.05, 0) is 6.07 Å². The fourth-order valence-corrected chi connectivity index (χ4v) is 1.33. The van der Waals surface area contributed by atoms with Crippen LogP contribution in [0.15, 0.2) is 30.9 Å². The van der Waals surface area contributed by atoms with Crippen molar-refractivity contribution in [2.24, 2.45) is 0 Å². The largest absolute Gasteiger partial charge is 0.366 e. The predicted molar refractivity (Wildman–Crippen MR) is 57.8 cm³/mol. The smallest absolute Gasteiger partial charge is 0.171 e. The lowest BCUT2D eigenvalue weighted by Gasteiger charge is -2.05. The molecule has 0 aliphatic rings. The highest BCUT2D eigenvalue weighted by Gasteiger charge is 2.00. The molecule has 78 valence electrons. The lowest BCUT2D eigenvalue weighted by atomic mass is 10.5. The van der Waals surface area contributed by atoms with Crippen LogP contribution in [0.2, 0.25) is 5.15 Å². The van der Waals surface area contributed by atoms with Crippen molar-refractivity contribution >= 4 is 17.4 Å². The third-order valence-electron chi connectivity index (χ3n) is 1.85. The second-order valence-corrected chi connectivity index (χ2v) is 3.25. The van der Waals surface area contributed by atoms with Gasteiger partial charge in [0.25, 0.3) is 0 Å². The van der Waals surface area contributed by atoms with E-state index in [0.29, 0.717) is 17.5 Å². The summed E-state index contributed by atoms with van der Waals surface area (Å²) in [6.07, 6.45) is 6.80. The van der Waals surface area contributed by atoms with E-state index in [0.717, 1.165) is 6.54 Å². The first-order valence-corrected chi connectivity index (χ1v) is 4.92. The van der Waals surface area contributed by atoms with Gasteiger partial charge in [0.1, 0.15) is 0 Å². The standard InChI is InChI=1S/C9H10ClN5/c10-8-9(12-4-3-11-8)13-5-7-15-6-1-2-14-15/h1-4,6H,5,7H2,(H,12,13). The van der Waals surface area contributed by atoms with Crippen LogP contribution in [-0.2, 0) is 6.54 Å². The summed E-state index contributed by atoms with van der Waals surface area (Å²) in [4.78, 5) is 7.97. The summed E-state index contributed by atoms with van der Waals surface area (Å²) < 4.78 is 1.83. The van der Waals surface area contributed by atoms with Crippen molar-refractivity contribution in [2.45, 2.75) is 6.54 Å². The van der Waals surface area contributed by atoms with Crippen molar-refractivity contribution in [3.8, 4) is 0 Å². The van der Waals surface area contributed by atoms with Crippen LogP contribution in [0.1, 0.15) is 0 Å². The molecule has 2 aromatic rings. The summed E-state index contributed by atoms with van der Waals surface area (Å²) in [5.41, 5.74) is 0. The number of hydrogen-bond acceptors (Lipinski definition) is 4. The minimum absolute atomic E-state index is 0.387. The first-order valence-electron chi connectivity index (χ1n) is 4.54. The van der Waals surface area contributed by atoms with Crippen LogP contribution in [0.5, 0.6) is 0 Å². The molecule has 0 aromatic carbocycles. The minimum Gasteiger partial charge on any atom is -0.366 e. The van der Waals surface area contributed by atoms with E-state index in [1.54, 1.807) is 18.6 Å². The molecule has 0 fully saturated rings. The van der Waals surface area contributed by atoms with Crippen LogP contribution < -0.4 is 5.32 Å². The maximum atomic E-state index is 5.83. The maximum Gasteiger partial charge on any atom is 0.171 e. The number of hydrogen-bond donors (Lipinski definition) is 1. The normalized spacial score (nSPS) is 10.2. The van der Waals surface area contributed by atoms with Crippen LogP contribution >= 0.6 is 11.6 Å². The molecule has 0 bridgehead atoms. The third kappa shape index (κ3) is 2.66. The molecule has 0 saturated carbocycles. The quantitative estimate of drug-likeness (QED) is 0.852. The van der Waals surface area contributed by atoms with E-state index in [-0.39, 0.29) is 0 Å². The summed E-state index contributed by atoms with van der Waals surface area (Å²) >= 11 is 5.83. The lowest BCUT2D eigenvalue weighted by Crippen LogP contribution is -2.12. The maximum absolute atomic E-state index is 5.83. The zero-order valence-electron chi connectivity index (χ0n) is 7.97. The summed E-state index contributed by atoms with van der Waals surface area (Å²) in [6, 6.07) is 1.88. The SMILES string of the molecule is Clc1nccnc1NCCn1cccn1. The van der Waals surface area contributed by atoms with Crippen molar-refractivity contribution in [1.29, 1.82) is 0 Å². The molecule has 2 rings (SSSR count). The summed E-state index contributed by atoms with van der Waals surface area (Å²) in [5, 5.41) is 7.55. The molecule has 2 heterocycles. The van der Waals surface area contributed by atoms with Gasteiger partial charge in [-0.2, -0.15) is 5.10 Å². The molecule has 2 aromatic heterocycles. The van der Waals surface area contributed by atoms with Crippen LogP contribution in [0.4, 0.5) is 5.82 Å². The molecule has 0 unspecified atom stereocenters. The van der Waals surface area contributed by atoms with Gasteiger partial charge in [0.15, 0.2) is 11.0 Å². The Labute approximate surface area is 92.1 Å². The van der Waals surface area contributed by atoms with Gasteiger partial charge in [-0.3, -0.25) is 4.68 Å². The molecule has 0 saturated heterocycles. The third-order valence-corrected chi connectivity index (χ3v) is 2.12. The van der Waals surface area contributed by atoms with Crippen LogP contribution in [0, 0.1) is 0 Å². The topological polar surface area (TPSA) is 55.6 Å². The number of aromatic nitrogens is 4. The summed E-state index contributed by atoms with van der Waals surface area (Å²) in [6.45, 7) is 1.47. The highest BCUT2D eigenvalue weighted by atomic mass is 35.5. The minimum atomic E-state index is 0.387. The fourth-order valence-electron chi connectivity index (χ4n) is 1.16. The van der Waals surface area contributed by atoms with Gasteiger partial charge in [-0.25, -0.2) is 9.97 Å². The molecule has 0 amide bonds. The van der Waals surface area contributed by atoms with Gasteiger partial charge in [0.2, 0.25) is 0 Å². The Morgan fingerprint density at radius 3 is 2.87 bits per heavy atom. The molecule has 0 aliphatic heterocycles. The lowest BCUT2D eigenvalue weighted by molar-refractivity contribution is 0.637. The molecule has 0 radical (unpaired) electrons. The predicted octanol–water partition coefficient (Wildman–Crippen LogP) is 1.44. The number of nitrogens with zero attached hydrogens (tertiary/aromatic N) is 4. The summed E-state index contributed by atoms with van der Waals surface area (Å²) in [7, 11) is 0. The second kappa shape index (κ2) is 4.75. The van der Waals surface area contributed by atoms with Crippen LogP contribution in [-0.4, -0.2) is 26.3 Å². The van der Waals surface area contributed by atoms with Gasteiger partial charge in [0.05, 0.1) is 6.54 Å². The number of anilines is 1. The average molecular weight is 224 g/mol. The number of rotatable bonds is 4. The molecule has 5 nitrogen and oxygen atoms in total. The molecular weight excluding hydrogens is 214 g/mol. The van der Waals surface area contributed by atoms with Crippen molar-refractivity contribution in [1.82, 2.24) is 19.7 Å². The number of nitrogens with one attached hydrogen (secondary N) is 1. The van der Waals surface area contributed by atoms with Gasteiger partial charge in [-0.15, -0.1) is 0 Å². The first kappa shape index (κ1) is 9.92. The van der Waals surface area contributed by atoms with Crippen molar-refractivity contribution < 1.29 is 0 Å². The molecule has 0 spiro atoms. The summed E-state index contributed by atoms with van der Waals surface area (Å²) in [5.74, 6) is 0.603. The molecule has 1 N–H and O–H groups in total. The average Bonchev–Trinajstić information content (AvgIpc) is 2.74. The Morgan fingerprint density at radius 2 is 2.13 bits per heavy atom. The van der Waals surface area contributed by atoms with E-state index >= 15 is 0 Å². The zero-order chi connectivity index (χ0) is 10.5. The first-order chi connectivity index (χ1) is 7.36. The zero-order valence-corrected chi connectivity index (χ0v) is 8.72. The van der Waals surface area contributed by atoms with Gasteiger partial charge < -0.3 is 5.32 Å². The van der Waals surface area contributed by atoms with Gasteiger partial charge in [-0.1, -0.05) is 11.6 Å².